The summed E-state index contributed by atoms with van der Waals surface area (Å²) in [5, 5.41) is 4.27. The van der Waals surface area contributed by atoms with E-state index in [4.69, 9.17) is 16.3 Å². The third-order valence-corrected chi connectivity index (χ3v) is 7.64. The Morgan fingerprint density at radius 1 is 1.29 bits per heavy atom. The van der Waals surface area contributed by atoms with Gasteiger partial charge >= 0.3 is 0 Å². The van der Waals surface area contributed by atoms with Crippen molar-refractivity contribution in [1.29, 1.82) is 0 Å². The summed E-state index contributed by atoms with van der Waals surface area (Å²) in [6, 6.07) is 0. The van der Waals surface area contributed by atoms with Gasteiger partial charge in [0.25, 0.3) is 5.91 Å². The summed E-state index contributed by atoms with van der Waals surface area (Å²) < 4.78 is 6.37. The molecule has 35 heavy (non-hydrogen) atoms. The number of piperazine rings is 1. The zero-order valence-electron chi connectivity index (χ0n) is 21.3. The first kappa shape index (κ1) is 25.6. The Morgan fingerprint density at radius 2 is 2.06 bits per heavy atom. The molecule has 4 rings (SSSR count). The van der Waals surface area contributed by atoms with Gasteiger partial charge in [0.15, 0.2) is 5.76 Å². The Bertz CT molecular complexity index is 1050. The Balaban J connectivity index is 1.69. The van der Waals surface area contributed by atoms with Crippen LogP contribution in [0.25, 0.3) is 0 Å². The molecule has 1 unspecified atom stereocenters. The second-order valence-electron chi connectivity index (χ2n) is 9.86. The molecule has 1 amide bonds. The van der Waals surface area contributed by atoms with Gasteiger partial charge in [-0.1, -0.05) is 44.5 Å². The molecule has 1 N–H and O–H groups in total. The fraction of sp³-hybridized carbons (Fsp3) is 0.483. The Kier molecular flexibility index (Phi) is 8.40. The molecular weight excluding hydrogens is 458 g/mol. The predicted molar refractivity (Wildman–Crippen MR) is 143 cm³/mol. The van der Waals surface area contributed by atoms with Crippen LogP contribution in [0.15, 0.2) is 81.6 Å². The molecule has 1 atom stereocenters. The van der Waals surface area contributed by atoms with E-state index in [-0.39, 0.29) is 5.91 Å². The van der Waals surface area contributed by atoms with Gasteiger partial charge in [0.2, 0.25) is 0 Å². The summed E-state index contributed by atoms with van der Waals surface area (Å²) in [4.78, 5) is 18.3. The van der Waals surface area contributed by atoms with Crippen molar-refractivity contribution in [3.63, 3.8) is 0 Å². The van der Waals surface area contributed by atoms with Crippen LogP contribution in [0, 0.1) is 5.92 Å². The number of nitrogens with one attached hydrogen (secondary N) is 1. The fourth-order valence-corrected chi connectivity index (χ4v) is 5.13. The molecule has 1 fully saturated rings. The van der Waals surface area contributed by atoms with E-state index in [1.54, 1.807) is 0 Å². The summed E-state index contributed by atoms with van der Waals surface area (Å²) in [5.41, 5.74) is 5.39. The van der Waals surface area contributed by atoms with Crippen molar-refractivity contribution in [2.75, 3.05) is 32.7 Å². The standard InChI is InChI=1S/C29H38ClN3O2/c1-5-20(3)19-33-26(6-2)24(17-21(4)32-15-13-31-14-16-32)18-23-9-12-27(35-28(23)29(33)34)22-7-10-25(30)11-8-22/h6-7,10,12,17,20,31H,2,5,8-9,11,13-16,18-19H2,1,3-4H3. The lowest BCUT2D eigenvalue weighted by molar-refractivity contribution is -0.128. The van der Waals surface area contributed by atoms with Gasteiger partial charge < -0.3 is 19.9 Å². The summed E-state index contributed by atoms with van der Waals surface area (Å²) in [7, 11) is 0. The minimum absolute atomic E-state index is 0.0611. The first-order valence-electron chi connectivity index (χ1n) is 12.9. The topological polar surface area (TPSA) is 44.8 Å². The molecule has 6 heteroatoms. The molecule has 0 spiro atoms. The summed E-state index contributed by atoms with van der Waals surface area (Å²) in [6.45, 7) is 15.2. The Morgan fingerprint density at radius 3 is 2.71 bits per heavy atom. The van der Waals surface area contributed by atoms with E-state index in [0.29, 0.717) is 31.1 Å². The molecule has 4 aliphatic rings. The van der Waals surface area contributed by atoms with Gasteiger partial charge in [-0.3, -0.25) is 4.79 Å². The van der Waals surface area contributed by atoms with E-state index in [2.05, 4.69) is 49.7 Å². The van der Waals surface area contributed by atoms with Crippen molar-refractivity contribution < 1.29 is 9.53 Å². The number of nitrogens with zero attached hydrogens (tertiary/aromatic N) is 2. The Labute approximate surface area is 215 Å². The average molecular weight is 496 g/mol. The Hall–Kier alpha value is -2.50. The molecule has 0 aromatic heterocycles. The highest BCUT2D eigenvalue weighted by atomic mass is 35.5. The van der Waals surface area contributed by atoms with E-state index in [1.807, 2.05) is 23.1 Å². The summed E-state index contributed by atoms with van der Waals surface area (Å²) >= 11 is 6.16. The molecule has 0 saturated carbocycles. The summed E-state index contributed by atoms with van der Waals surface area (Å²) in [6.07, 6.45) is 14.2. The van der Waals surface area contributed by atoms with Crippen LogP contribution in [-0.4, -0.2) is 48.4 Å². The molecule has 5 nitrogen and oxygen atoms in total. The van der Waals surface area contributed by atoms with E-state index >= 15 is 0 Å². The van der Waals surface area contributed by atoms with Crippen molar-refractivity contribution in [1.82, 2.24) is 15.1 Å². The number of hydrogen-bond donors (Lipinski definition) is 1. The number of amides is 1. The largest absolute Gasteiger partial charge is 0.452 e. The van der Waals surface area contributed by atoms with Crippen molar-refractivity contribution in [2.45, 2.75) is 52.9 Å². The summed E-state index contributed by atoms with van der Waals surface area (Å²) in [5.74, 6) is 1.57. The van der Waals surface area contributed by atoms with Gasteiger partial charge in [-0.25, -0.2) is 0 Å². The van der Waals surface area contributed by atoms with Crippen molar-refractivity contribution >= 4 is 17.5 Å². The third-order valence-electron chi connectivity index (χ3n) is 7.33. The molecule has 0 bridgehead atoms. The highest BCUT2D eigenvalue weighted by Crippen LogP contribution is 2.38. The average Bonchev–Trinajstić information content (AvgIpc) is 2.98. The van der Waals surface area contributed by atoms with Crippen LogP contribution in [0.3, 0.4) is 0 Å². The van der Waals surface area contributed by atoms with Gasteiger partial charge in [-0.05, 0) is 79.5 Å². The highest BCUT2D eigenvalue weighted by molar-refractivity contribution is 6.29. The van der Waals surface area contributed by atoms with E-state index in [1.165, 1.54) is 5.70 Å². The first-order valence-corrected chi connectivity index (χ1v) is 13.3. The van der Waals surface area contributed by atoms with E-state index in [9.17, 15) is 4.79 Å². The first-order chi connectivity index (χ1) is 16.9. The zero-order valence-corrected chi connectivity index (χ0v) is 22.1. The van der Waals surface area contributed by atoms with Crippen LogP contribution in [0.2, 0.25) is 0 Å². The number of allylic oxidation sites excluding steroid dienone is 10. The van der Waals surface area contributed by atoms with Gasteiger partial charge in [0, 0.05) is 49.2 Å². The van der Waals surface area contributed by atoms with Gasteiger partial charge in [-0.2, -0.15) is 0 Å². The number of carbonyl (C=O) groups excluding carboxylic acids is 1. The molecule has 0 aromatic rings. The second-order valence-corrected chi connectivity index (χ2v) is 10.3. The van der Waals surface area contributed by atoms with Crippen LogP contribution in [0.5, 0.6) is 0 Å². The van der Waals surface area contributed by atoms with Crippen LogP contribution in [0.4, 0.5) is 0 Å². The minimum atomic E-state index is -0.0611. The normalized spacial score (nSPS) is 22.7. The van der Waals surface area contributed by atoms with Crippen LogP contribution in [0.1, 0.15) is 52.9 Å². The van der Waals surface area contributed by atoms with Gasteiger partial charge in [0.05, 0.1) is 0 Å². The lowest BCUT2D eigenvalue weighted by atomic mass is 9.95. The zero-order chi connectivity index (χ0) is 24.9. The maximum absolute atomic E-state index is 14.0. The van der Waals surface area contributed by atoms with E-state index < -0.39 is 0 Å². The predicted octanol–water partition coefficient (Wildman–Crippen LogP) is 5.92. The van der Waals surface area contributed by atoms with Crippen LogP contribution in [-0.2, 0) is 9.53 Å². The number of halogens is 1. The van der Waals surface area contributed by atoms with Crippen LogP contribution < -0.4 is 5.32 Å². The SMILES string of the molecule is C=CC1=C(C=C(C)N2CCNCC2)CC2=C(OC(C3=CC=C(Cl)CC3)=CC2)C(=O)N1CC(C)CC. The minimum Gasteiger partial charge on any atom is -0.452 e. The molecule has 3 aliphatic heterocycles. The van der Waals surface area contributed by atoms with Crippen molar-refractivity contribution in [3.05, 3.63) is 81.6 Å². The number of rotatable bonds is 7. The molecular formula is C29H38ClN3O2. The van der Waals surface area contributed by atoms with Crippen molar-refractivity contribution in [2.24, 2.45) is 5.92 Å². The van der Waals surface area contributed by atoms with Gasteiger partial charge in [0.1, 0.15) is 5.76 Å². The molecule has 3 heterocycles. The number of carbonyl (C=O) groups is 1. The number of ether oxygens (including phenoxy) is 1. The molecule has 0 radical (unpaired) electrons. The molecule has 188 valence electrons. The van der Waals surface area contributed by atoms with Crippen LogP contribution >= 0.6 is 11.6 Å². The lowest BCUT2D eigenvalue weighted by Gasteiger charge is -2.31. The third kappa shape index (κ3) is 5.84. The molecule has 0 aromatic carbocycles. The lowest BCUT2D eigenvalue weighted by Crippen LogP contribution is -2.42. The second kappa shape index (κ2) is 11.5. The number of hydrogen-bond acceptors (Lipinski definition) is 4. The highest BCUT2D eigenvalue weighted by Gasteiger charge is 2.34. The fourth-order valence-electron chi connectivity index (χ4n) is 4.97. The van der Waals surface area contributed by atoms with Gasteiger partial charge in [-0.15, -0.1) is 0 Å². The smallest absolute Gasteiger partial charge is 0.293 e. The monoisotopic (exact) mass is 495 g/mol. The maximum Gasteiger partial charge on any atom is 0.293 e. The quantitative estimate of drug-likeness (QED) is 0.476. The molecule has 1 aliphatic carbocycles. The van der Waals surface area contributed by atoms with E-state index in [0.717, 1.165) is 78.6 Å². The molecule has 1 saturated heterocycles. The van der Waals surface area contributed by atoms with Crippen molar-refractivity contribution in [3.8, 4) is 0 Å². The maximum atomic E-state index is 14.0.